The third-order valence-electron chi connectivity index (χ3n) is 2.79. The fourth-order valence-corrected chi connectivity index (χ4v) is 1.87. The van der Waals surface area contributed by atoms with Gasteiger partial charge in [-0.15, -0.1) is 0 Å². The summed E-state index contributed by atoms with van der Waals surface area (Å²) in [6, 6.07) is 0. The molecule has 0 radical (unpaired) electrons. The van der Waals surface area contributed by atoms with Crippen LogP contribution >= 0.6 is 0 Å². The second kappa shape index (κ2) is 7.36. The quantitative estimate of drug-likeness (QED) is 0.546. The Labute approximate surface area is 121 Å². The average Bonchev–Trinajstić information content (AvgIpc) is 2.41. The van der Waals surface area contributed by atoms with Crippen molar-refractivity contribution in [3.05, 3.63) is 16.4 Å². The fourth-order valence-electron chi connectivity index (χ4n) is 1.87. The molecule has 0 spiro atoms. The lowest BCUT2D eigenvalue weighted by molar-refractivity contribution is -0.385. The number of anilines is 1. The van der Waals surface area contributed by atoms with Gasteiger partial charge in [-0.25, -0.2) is 4.98 Å². The van der Waals surface area contributed by atoms with E-state index in [2.05, 4.69) is 15.3 Å². The van der Waals surface area contributed by atoms with Crippen LogP contribution in [-0.4, -0.2) is 39.6 Å². The van der Waals surface area contributed by atoms with Gasteiger partial charge < -0.3 is 15.2 Å². The second-order valence-corrected chi connectivity index (χ2v) is 4.88. The summed E-state index contributed by atoms with van der Waals surface area (Å²) in [6.45, 7) is 3.85. The molecule has 0 aliphatic heterocycles. The number of aromatic nitrogens is 2. The van der Waals surface area contributed by atoms with Gasteiger partial charge in [0, 0.05) is 6.54 Å². The zero-order chi connectivity index (χ0) is 16.0. The maximum absolute atomic E-state index is 11.2. The van der Waals surface area contributed by atoms with E-state index >= 15 is 0 Å². The smallest absolute Gasteiger partial charge is 0.372 e. The highest BCUT2D eigenvalue weighted by atomic mass is 16.6. The van der Waals surface area contributed by atoms with Gasteiger partial charge in [-0.2, -0.15) is 4.98 Å². The largest absolute Gasteiger partial charge is 0.481 e. The van der Waals surface area contributed by atoms with E-state index in [1.807, 2.05) is 13.8 Å². The number of nitro groups is 1. The molecular weight excluding hydrogens is 280 g/mol. The predicted octanol–water partition coefficient (Wildman–Crippen LogP) is 1.55. The van der Waals surface area contributed by atoms with Gasteiger partial charge in [0.25, 0.3) is 5.88 Å². The first-order chi connectivity index (χ1) is 9.86. The fraction of sp³-hybridized carbons (Fsp3) is 0.583. The molecule has 1 unspecified atom stereocenters. The molecule has 0 fully saturated rings. The SMILES string of the molecule is COc1ncnc(NCC(CC(C)C)C(=O)O)c1[N+](=O)[O-]. The van der Waals surface area contributed by atoms with Gasteiger partial charge in [0.15, 0.2) is 0 Å². The number of carbonyl (C=O) groups is 1. The Hall–Kier alpha value is -2.45. The van der Waals surface area contributed by atoms with Gasteiger partial charge in [0.1, 0.15) is 6.33 Å². The van der Waals surface area contributed by atoms with Gasteiger partial charge in [0.05, 0.1) is 18.0 Å². The van der Waals surface area contributed by atoms with Gasteiger partial charge in [0.2, 0.25) is 5.82 Å². The van der Waals surface area contributed by atoms with E-state index in [4.69, 9.17) is 9.84 Å². The van der Waals surface area contributed by atoms with Gasteiger partial charge in [-0.05, 0) is 12.3 Å². The van der Waals surface area contributed by atoms with Gasteiger partial charge in [-0.1, -0.05) is 13.8 Å². The number of methoxy groups -OCH3 is 1. The Morgan fingerprint density at radius 3 is 2.67 bits per heavy atom. The first kappa shape index (κ1) is 16.6. The van der Waals surface area contributed by atoms with E-state index in [1.54, 1.807) is 0 Å². The molecule has 0 saturated heterocycles. The molecule has 0 bridgehead atoms. The van der Waals surface area contributed by atoms with E-state index in [0.29, 0.717) is 6.42 Å². The summed E-state index contributed by atoms with van der Waals surface area (Å²) in [4.78, 5) is 29.0. The topological polar surface area (TPSA) is 127 Å². The molecule has 2 N–H and O–H groups in total. The van der Waals surface area contributed by atoms with E-state index in [-0.39, 0.29) is 24.2 Å². The van der Waals surface area contributed by atoms with Crippen molar-refractivity contribution in [1.29, 1.82) is 0 Å². The first-order valence-corrected chi connectivity index (χ1v) is 6.36. The molecule has 1 atom stereocenters. The second-order valence-electron chi connectivity index (χ2n) is 4.88. The summed E-state index contributed by atoms with van der Waals surface area (Å²) in [5, 5.41) is 22.9. The standard InChI is InChI=1S/C12H18N4O5/c1-7(2)4-8(12(17)18)5-13-10-9(16(19)20)11(21-3)15-6-14-10/h6-8H,4-5H2,1-3H3,(H,17,18)(H,13,14,15). The van der Waals surface area contributed by atoms with E-state index in [9.17, 15) is 14.9 Å². The van der Waals surface area contributed by atoms with Crippen molar-refractivity contribution >= 4 is 17.5 Å². The first-order valence-electron chi connectivity index (χ1n) is 6.36. The Morgan fingerprint density at radius 2 is 2.19 bits per heavy atom. The molecule has 0 aliphatic rings. The summed E-state index contributed by atoms with van der Waals surface area (Å²) in [5.74, 6) is -1.65. The summed E-state index contributed by atoms with van der Waals surface area (Å²) in [7, 11) is 1.26. The number of carboxylic acid groups (broad SMARTS) is 1. The molecule has 1 rings (SSSR count). The number of rotatable bonds is 8. The summed E-state index contributed by atoms with van der Waals surface area (Å²) >= 11 is 0. The zero-order valence-electron chi connectivity index (χ0n) is 12.1. The molecule has 21 heavy (non-hydrogen) atoms. The summed E-state index contributed by atoms with van der Waals surface area (Å²) < 4.78 is 4.82. The van der Waals surface area contributed by atoms with E-state index in [0.717, 1.165) is 6.33 Å². The molecule has 0 saturated carbocycles. The Bertz CT molecular complexity index is 520. The Kier molecular flexibility index (Phi) is 5.82. The van der Waals surface area contributed by atoms with Crippen LogP contribution in [0.2, 0.25) is 0 Å². The monoisotopic (exact) mass is 298 g/mol. The van der Waals surface area contributed by atoms with Crippen LogP contribution in [0, 0.1) is 22.0 Å². The minimum Gasteiger partial charge on any atom is -0.481 e. The molecule has 1 aromatic rings. The highest BCUT2D eigenvalue weighted by Crippen LogP contribution is 2.30. The maximum Gasteiger partial charge on any atom is 0.372 e. The molecule has 0 aromatic carbocycles. The van der Waals surface area contributed by atoms with Crippen LogP contribution in [0.3, 0.4) is 0 Å². The minimum absolute atomic E-state index is 0.0362. The Morgan fingerprint density at radius 1 is 1.52 bits per heavy atom. The average molecular weight is 298 g/mol. The van der Waals surface area contributed by atoms with Crippen LogP contribution < -0.4 is 10.1 Å². The van der Waals surface area contributed by atoms with E-state index < -0.39 is 22.5 Å². The van der Waals surface area contributed by atoms with Gasteiger partial charge in [-0.3, -0.25) is 14.9 Å². The molecule has 1 aromatic heterocycles. The molecule has 116 valence electrons. The van der Waals surface area contributed by atoms with Crippen molar-refractivity contribution < 1.29 is 19.6 Å². The number of ether oxygens (including phenoxy) is 1. The summed E-state index contributed by atoms with van der Waals surface area (Å²) in [6.07, 6.45) is 1.57. The van der Waals surface area contributed by atoms with E-state index in [1.165, 1.54) is 7.11 Å². The number of carboxylic acids is 1. The van der Waals surface area contributed by atoms with Crippen LogP contribution in [0.25, 0.3) is 0 Å². The Balaban J connectivity index is 2.92. The predicted molar refractivity (Wildman–Crippen MR) is 74.3 cm³/mol. The van der Waals surface area contributed by atoms with Gasteiger partial charge >= 0.3 is 11.7 Å². The highest BCUT2D eigenvalue weighted by Gasteiger charge is 2.26. The third kappa shape index (κ3) is 4.55. The van der Waals surface area contributed by atoms with Crippen molar-refractivity contribution in [3.8, 4) is 5.88 Å². The normalized spacial score (nSPS) is 12.0. The number of hydrogen-bond donors (Lipinski definition) is 2. The van der Waals surface area contributed by atoms with Crippen molar-refractivity contribution in [2.45, 2.75) is 20.3 Å². The van der Waals surface area contributed by atoms with Crippen molar-refractivity contribution in [3.63, 3.8) is 0 Å². The summed E-state index contributed by atoms with van der Waals surface area (Å²) in [5.41, 5.74) is -0.409. The lowest BCUT2D eigenvalue weighted by atomic mass is 9.97. The molecule has 0 amide bonds. The number of hydrogen-bond acceptors (Lipinski definition) is 7. The molecule has 1 heterocycles. The third-order valence-corrected chi connectivity index (χ3v) is 2.79. The molecule has 9 heteroatoms. The van der Waals surface area contributed by atoms with Crippen LogP contribution in [0.1, 0.15) is 20.3 Å². The van der Waals surface area contributed by atoms with Crippen LogP contribution in [0.4, 0.5) is 11.5 Å². The minimum atomic E-state index is -0.958. The van der Waals surface area contributed by atoms with Crippen LogP contribution in [0.15, 0.2) is 6.33 Å². The van der Waals surface area contributed by atoms with Crippen molar-refractivity contribution in [1.82, 2.24) is 9.97 Å². The molecular formula is C12H18N4O5. The lowest BCUT2D eigenvalue weighted by Gasteiger charge is -2.15. The molecule has 9 nitrogen and oxygen atoms in total. The highest BCUT2D eigenvalue weighted by molar-refractivity contribution is 5.71. The van der Waals surface area contributed by atoms with Crippen molar-refractivity contribution in [2.75, 3.05) is 19.0 Å². The van der Waals surface area contributed by atoms with Crippen LogP contribution in [0.5, 0.6) is 5.88 Å². The van der Waals surface area contributed by atoms with Crippen LogP contribution in [-0.2, 0) is 4.79 Å². The molecule has 0 aliphatic carbocycles. The lowest BCUT2D eigenvalue weighted by Crippen LogP contribution is -2.25. The number of nitrogens with one attached hydrogen (secondary N) is 1. The van der Waals surface area contributed by atoms with Crippen molar-refractivity contribution in [2.24, 2.45) is 11.8 Å². The zero-order valence-corrected chi connectivity index (χ0v) is 12.1. The maximum atomic E-state index is 11.2. The number of aliphatic carboxylic acids is 1. The number of nitrogens with zero attached hydrogens (tertiary/aromatic N) is 3.